The average Bonchev–Trinajstić information content (AvgIpc) is 3.08. The van der Waals surface area contributed by atoms with Crippen LogP contribution in [0.3, 0.4) is 0 Å². The molecule has 0 saturated heterocycles. The Kier molecular flexibility index (Phi) is 3.70. The van der Waals surface area contributed by atoms with Crippen molar-refractivity contribution in [1.29, 1.82) is 0 Å². The van der Waals surface area contributed by atoms with E-state index in [1.54, 1.807) is 0 Å². The van der Waals surface area contributed by atoms with Gasteiger partial charge in [0, 0.05) is 13.1 Å². The zero-order valence-electron chi connectivity index (χ0n) is 9.42. The number of carbonyl (C=O) groups excluding carboxylic acids is 1. The van der Waals surface area contributed by atoms with Gasteiger partial charge in [0.05, 0.1) is 4.83 Å². The summed E-state index contributed by atoms with van der Waals surface area (Å²) in [7, 11) is 0. The Morgan fingerprint density at radius 3 is 2.07 bits per heavy atom. The molecule has 0 spiro atoms. The van der Waals surface area contributed by atoms with Crippen molar-refractivity contribution in [2.75, 3.05) is 13.1 Å². The summed E-state index contributed by atoms with van der Waals surface area (Å²) >= 11 is 3.47. The van der Waals surface area contributed by atoms with Crippen LogP contribution in [0.1, 0.15) is 39.0 Å². The van der Waals surface area contributed by atoms with E-state index in [1.807, 2.05) is 0 Å². The Balaban J connectivity index is 1.86. The summed E-state index contributed by atoms with van der Waals surface area (Å²) in [4.78, 5) is 14.2. The van der Waals surface area contributed by atoms with E-state index in [-0.39, 0.29) is 4.83 Å². The maximum atomic E-state index is 12.1. The Hall–Kier alpha value is -0.0500. The van der Waals surface area contributed by atoms with Crippen LogP contribution in [0.25, 0.3) is 0 Å². The lowest BCUT2D eigenvalue weighted by Crippen LogP contribution is -2.39. The van der Waals surface area contributed by atoms with Crippen LogP contribution in [0, 0.1) is 11.8 Å². The van der Waals surface area contributed by atoms with E-state index in [9.17, 15) is 4.79 Å². The molecule has 2 fully saturated rings. The highest BCUT2D eigenvalue weighted by molar-refractivity contribution is 9.10. The quantitative estimate of drug-likeness (QED) is 0.682. The van der Waals surface area contributed by atoms with Gasteiger partial charge in [-0.1, -0.05) is 22.9 Å². The van der Waals surface area contributed by atoms with Crippen LogP contribution in [0.4, 0.5) is 0 Å². The van der Waals surface area contributed by atoms with Gasteiger partial charge < -0.3 is 4.90 Å². The molecule has 0 aliphatic heterocycles. The molecule has 2 aliphatic carbocycles. The van der Waals surface area contributed by atoms with Crippen molar-refractivity contribution in [2.45, 2.75) is 43.9 Å². The molecule has 2 rings (SSSR count). The van der Waals surface area contributed by atoms with E-state index >= 15 is 0 Å². The van der Waals surface area contributed by atoms with Crippen LogP contribution in [0.15, 0.2) is 0 Å². The van der Waals surface area contributed by atoms with Crippen LogP contribution in [0.5, 0.6) is 0 Å². The molecule has 0 aromatic heterocycles. The van der Waals surface area contributed by atoms with Crippen molar-refractivity contribution >= 4 is 21.8 Å². The molecule has 2 saturated carbocycles. The molecule has 0 heterocycles. The molecule has 0 aromatic rings. The van der Waals surface area contributed by atoms with E-state index in [0.29, 0.717) is 5.91 Å². The molecule has 86 valence electrons. The Labute approximate surface area is 101 Å². The predicted molar refractivity (Wildman–Crippen MR) is 65.0 cm³/mol. The van der Waals surface area contributed by atoms with Gasteiger partial charge in [0.25, 0.3) is 0 Å². The lowest BCUT2D eigenvalue weighted by atomic mass is 10.2. The second-order valence-electron chi connectivity index (χ2n) is 5.01. The van der Waals surface area contributed by atoms with Crippen molar-refractivity contribution in [3.05, 3.63) is 0 Å². The number of alkyl halides is 1. The van der Waals surface area contributed by atoms with Crippen LogP contribution in [-0.2, 0) is 4.79 Å². The van der Waals surface area contributed by atoms with E-state index < -0.39 is 0 Å². The fourth-order valence-electron chi connectivity index (χ4n) is 1.85. The molecular weight excluding hydrogens is 254 g/mol. The summed E-state index contributed by atoms with van der Waals surface area (Å²) in [5.74, 6) is 1.94. The zero-order valence-corrected chi connectivity index (χ0v) is 11.0. The van der Waals surface area contributed by atoms with Gasteiger partial charge in [0.15, 0.2) is 0 Å². The first-order valence-corrected chi connectivity index (χ1v) is 7.05. The van der Waals surface area contributed by atoms with Crippen LogP contribution in [-0.4, -0.2) is 28.7 Å². The first kappa shape index (κ1) is 11.4. The molecular formula is C12H20BrNO. The summed E-state index contributed by atoms with van der Waals surface area (Å²) in [6.45, 7) is 4.08. The Morgan fingerprint density at radius 2 is 1.73 bits per heavy atom. The topological polar surface area (TPSA) is 20.3 Å². The summed E-state index contributed by atoms with van der Waals surface area (Å²) in [6.07, 6.45) is 6.20. The molecule has 3 heteroatoms. The van der Waals surface area contributed by atoms with E-state index in [1.165, 1.54) is 25.7 Å². The summed E-state index contributed by atoms with van der Waals surface area (Å²) in [5.41, 5.74) is 0. The highest BCUT2D eigenvalue weighted by atomic mass is 79.9. The van der Waals surface area contributed by atoms with Gasteiger partial charge in [-0.15, -0.1) is 0 Å². The maximum Gasteiger partial charge on any atom is 0.236 e. The number of hydrogen-bond donors (Lipinski definition) is 0. The van der Waals surface area contributed by atoms with Gasteiger partial charge in [0.2, 0.25) is 5.91 Å². The predicted octanol–water partition coefficient (Wildman–Crippen LogP) is 2.81. The van der Waals surface area contributed by atoms with Crippen LogP contribution >= 0.6 is 15.9 Å². The standard InChI is InChI=1S/C12H20BrNO/c1-2-11(13)12(15)14(7-9-3-4-9)8-10-5-6-10/h9-11H,2-8H2,1H3. The van der Waals surface area contributed by atoms with Crippen molar-refractivity contribution in [2.24, 2.45) is 11.8 Å². The molecule has 2 nitrogen and oxygen atoms in total. The fraction of sp³-hybridized carbons (Fsp3) is 0.917. The third kappa shape index (κ3) is 3.47. The lowest BCUT2D eigenvalue weighted by Gasteiger charge is -2.24. The normalized spacial score (nSPS) is 22.5. The number of rotatable bonds is 6. The van der Waals surface area contributed by atoms with Gasteiger partial charge in [-0.3, -0.25) is 4.79 Å². The summed E-state index contributed by atoms with van der Waals surface area (Å²) in [6, 6.07) is 0. The van der Waals surface area contributed by atoms with E-state index in [0.717, 1.165) is 31.3 Å². The SMILES string of the molecule is CCC(Br)C(=O)N(CC1CC1)CC1CC1. The van der Waals surface area contributed by atoms with Gasteiger partial charge >= 0.3 is 0 Å². The lowest BCUT2D eigenvalue weighted by molar-refractivity contribution is -0.131. The number of halogens is 1. The molecule has 2 aliphatic rings. The van der Waals surface area contributed by atoms with Crippen LogP contribution in [0.2, 0.25) is 0 Å². The molecule has 0 N–H and O–H groups in total. The number of carbonyl (C=O) groups is 1. The van der Waals surface area contributed by atoms with Crippen molar-refractivity contribution in [3.8, 4) is 0 Å². The highest BCUT2D eigenvalue weighted by Gasteiger charge is 2.32. The number of amides is 1. The third-order valence-electron chi connectivity index (χ3n) is 3.29. The minimum atomic E-state index is 0.0370. The second kappa shape index (κ2) is 4.86. The average molecular weight is 274 g/mol. The van der Waals surface area contributed by atoms with Crippen molar-refractivity contribution in [3.63, 3.8) is 0 Å². The molecule has 1 atom stereocenters. The molecule has 0 radical (unpaired) electrons. The largest absolute Gasteiger partial charge is 0.341 e. The van der Waals surface area contributed by atoms with Crippen molar-refractivity contribution in [1.82, 2.24) is 4.90 Å². The molecule has 0 bridgehead atoms. The first-order valence-electron chi connectivity index (χ1n) is 6.13. The molecule has 15 heavy (non-hydrogen) atoms. The van der Waals surface area contributed by atoms with Crippen molar-refractivity contribution < 1.29 is 4.79 Å². The van der Waals surface area contributed by atoms with Gasteiger partial charge in [-0.25, -0.2) is 0 Å². The highest BCUT2D eigenvalue weighted by Crippen LogP contribution is 2.34. The van der Waals surface area contributed by atoms with Gasteiger partial charge in [-0.2, -0.15) is 0 Å². The molecule has 0 aromatic carbocycles. The van der Waals surface area contributed by atoms with Gasteiger partial charge in [-0.05, 0) is 43.9 Å². The molecule has 1 unspecified atom stereocenters. The monoisotopic (exact) mass is 273 g/mol. The van der Waals surface area contributed by atoms with E-state index in [2.05, 4.69) is 27.8 Å². The Morgan fingerprint density at radius 1 is 1.27 bits per heavy atom. The zero-order chi connectivity index (χ0) is 10.8. The first-order chi connectivity index (χ1) is 7.20. The fourth-order valence-corrected chi connectivity index (χ4v) is 2.14. The number of hydrogen-bond acceptors (Lipinski definition) is 1. The summed E-state index contributed by atoms with van der Waals surface area (Å²) in [5, 5.41) is 0. The third-order valence-corrected chi connectivity index (χ3v) is 4.33. The van der Waals surface area contributed by atoms with E-state index in [4.69, 9.17) is 0 Å². The Bertz CT molecular complexity index is 222. The maximum absolute atomic E-state index is 12.1. The minimum absolute atomic E-state index is 0.0370. The smallest absolute Gasteiger partial charge is 0.236 e. The van der Waals surface area contributed by atoms with Gasteiger partial charge in [0.1, 0.15) is 0 Å². The minimum Gasteiger partial charge on any atom is -0.341 e. The summed E-state index contributed by atoms with van der Waals surface area (Å²) < 4.78 is 0. The molecule has 1 amide bonds. The number of nitrogens with zero attached hydrogens (tertiary/aromatic N) is 1. The second-order valence-corrected chi connectivity index (χ2v) is 6.11. The van der Waals surface area contributed by atoms with Crippen LogP contribution < -0.4 is 0 Å².